The molecule has 0 saturated carbocycles. The summed E-state index contributed by atoms with van der Waals surface area (Å²) < 4.78 is 0. The quantitative estimate of drug-likeness (QED) is 0.833. The minimum atomic E-state index is -0.883. The van der Waals surface area contributed by atoms with Crippen molar-refractivity contribution in [1.82, 2.24) is 4.90 Å². The second-order valence-corrected chi connectivity index (χ2v) is 6.07. The van der Waals surface area contributed by atoms with Crippen molar-refractivity contribution >= 4 is 17.3 Å². The number of likely N-dealkylation sites (tertiary alicyclic amines) is 1. The van der Waals surface area contributed by atoms with Crippen molar-refractivity contribution in [3.05, 3.63) is 23.8 Å². The summed E-state index contributed by atoms with van der Waals surface area (Å²) >= 11 is 0. The van der Waals surface area contributed by atoms with Crippen molar-refractivity contribution in [2.45, 2.75) is 31.7 Å². The fourth-order valence-electron chi connectivity index (χ4n) is 3.53. The van der Waals surface area contributed by atoms with Gasteiger partial charge in [-0.05, 0) is 50.6 Å². The smallest absolute Gasteiger partial charge is 0.337 e. The predicted octanol–water partition coefficient (Wildman–Crippen LogP) is 2.03. The van der Waals surface area contributed by atoms with Crippen LogP contribution in [-0.2, 0) is 0 Å². The summed E-state index contributed by atoms with van der Waals surface area (Å²) in [6, 6.07) is 5.61. The van der Waals surface area contributed by atoms with Crippen molar-refractivity contribution in [3.8, 4) is 0 Å². The van der Waals surface area contributed by atoms with Crippen LogP contribution in [-0.4, -0.2) is 48.2 Å². The molecular formula is C16H23N3O2. The molecule has 5 nitrogen and oxygen atoms in total. The highest BCUT2D eigenvalue weighted by Gasteiger charge is 2.30. The highest BCUT2D eigenvalue weighted by molar-refractivity contribution is 5.95. The van der Waals surface area contributed by atoms with Gasteiger partial charge in [-0.25, -0.2) is 4.79 Å². The Hall–Kier alpha value is -1.75. The first kappa shape index (κ1) is 14.2. The van der Waals surface area contributed by atoms with Crippen molar-refractivity contribution in [1.29, 1.82) is 0 Å². The van der Waals surface area contributed by atoms with Crippen molar-refractivity contribution in [2.75, 3.05) is 36.8 Å². The SMILES string of the molecule is Nc1ccc(C(=O)O)c(N2CCC(N3CCCCC3)C2)c1. The van der Waals surface area contributed by atoms with Gasteiger partial charge in [0.05, 0.1) is 11.3 Å². The van der Waals surface area contributed by atoms with Gasteiger partial charge in [-0.3, -0.25) is 4.90 Å². The Balaban J connectivity index is 1.76. The summed E-state index contributed by atoms with van der Waals surface area (Å²) in [5.74, 6) is -0.883. The fourth-order valence-corrected chi connectivity index (χ4v) is 3.53. The molecule has 2 heterocycles. The molecule has 1 aromatic rings. The predicted molar refractivity (Wildman–Crippen MR) is 83.9 cm³/mol. The maximum atomic E-state index is 11.4. The van der Waals surface area contributed by atoms with Gasteiger partial charge in [0.1, 0.15) is 0 Å². The maximum absolute atomic E-state index is 11.4. The number of benzene rings is 1. The number of nitrogens with zero attached hydrogens (tertiary/aromatic N) is 2. The Morgan fingerprint density at radius 3 is 2.67 bits per heavy atom. The Kier molecular flexibility index (Phi) is 4.01. The summed E-state index contributed by atoms with van der Waals surface area (Å²) in [6.45, 7) is 4.18. The number of carboxylic acids is 1. The van der Waals surface area contributed by atoms with E-state index in [-0.39, 0.29) is 0 Å². The van der Waals surface area contributed by atoms with E-state index in [1.165, 1.54) is 32.4 Å². The lowest BCUT2D eigenvalue weighted by Crippen LogP contribution is -2.41. The molecule has 0 aromatic heterocycles. The average molecular weight is 289 g/mol. The number of nitrogen functional groups attached to an aromatic ring is 1. The number of nitrogens with two attached hydrogens (primary N) is 1. The van der Waals surface area contributed by atoms with Gasteiger partial charge in [0.2, 0.25) is 0 Å². The van der Waals surface area contributed by atoms with Gasteiger partial charge in [0.15, 0.2) is 0 Å². The molecule has 2 fully saturated rings. The van der Waals surface area contributed by atoms with Crippen molar-refractivity contribution < 1.29 is 9.90 Å². The third kappa shape index (κ3) is 2.97. The Morgan fingerprint density at radius 2 is 1.95 bits per heavy atom. The number of anilines is 2. The maximum Gasteiger partial charge on any atom is 0.337 e. The summed E-state index contributed by atoms with van der Waals surface area (Å²) in [7, 11) is 0. The van der Waals surface area contributed by atoms with Crippen LogP contribution < -0.4 is 10.6 Å². The van der Waals surface area contributed by atoms with E-state index in [9.17, 15) is 9.90 Å². The highest BCUT2D eigenvalue weighted by atomic mass is 16.4. The summed E-state index contributed by atoms with van der Waals surface area (Å²) in [5, 5.41) is 9.35. The van der Waals surface area contributed by atoms with Gasteiger partial charge in [-0.1, -0.05) is 6.42 Å². The van der Waals surface area contributed by atoms with Gasteiger partial charge in [-0.15, -0.1) is 0 Å². The van der Waals surface area contributed by atoms with Gasteiger partial charge in [0, 0.05) is 24.8 Å². The lowest BCUT2D eigenvalue weighted by atomic mass is 10.1. The fraction of sp³-hybridized carbons (Fsp3) is 0.562. The molecule has 2 aliphatic heterocycles. The zero-order valence-corrected chi connectivity index (χ0v) is 12.3. The molecule has 0 aliphatic carbocycles. The lowest BCUT2D eigenvalue weighted by molar-refractivity contribution is 0.0697. The minimum Gasteiger partial charge on any atom is -0.478 e. The van der Waals surface area contributed by atoms with E-state index in [1.807, 2.05) is 0 Å². The van der Waals surface area contributed by atoms with Crippen LogP contribution in [0.4, 0.5) is 11.4 Å². The molecule has 0 spiro atoms. The summed E-state index contributed by atoms with van der Waals surface area (Å²) in [6.07, 6.45) is 5.02. The molecule has 0 radical (unpaired) electrons. The van der Waals surface area contributed by atoms with Crippen LogP contribution in [0.25, 0.3) is 0 Å². The van der Waals surface area contributed by atoms with E-state index in [2.05, 4.69) is 9.80 Å². The molecular weight excluding hydrogens is 266 g/mol. The molecule has 1 unspecified atom stereocenters. The van der Waals surface area contributed by atoms with Crippen LogP contribution in [0.3, 0.4) is 0 Å². The van der Waals surface area contributed by atoms with Crippen molar-refractivity contribution in [3.63, 3.8) is 0 Å². The van der Waals surface area contributed by atoms with Gasteiger partial charge < -0.3 is 15.7 Å². The number of piperidine rings is 1. The number of aromatic carboxylic acids is 1. The molecule has 2 saturated heterocycles. The van der Waals surface area contributed by atoms with E-state index < -0.39 is 5.97 Å². The largest absolute Gasteiger partial charge is 0.478 e. The van der Waals surface area contributed by atoms with Crippen LogP contribution >= 0.6 is 0 Å². The Morgan fingerprint density at radius 1 is 1.19 bits per heavy atom. The molecule has 3 rings (SSSR count). The second kappa shape index (κ2) is 5.93. The third-order valence-corrected chi connectivity index (χ3v) is 4.66. The summed E-state index contributed by atoms with van der Waals surface area (Å²) in [5.41, 5.74) is 7.58. The van der Waals surface area contributed by atoms with Gasteiger partial charge >= 0.3 is 5.97 Å². The number of hydrogen-bond donors (Lipinski definition) is 2. The Labute approximate surface area is 125 Å². The molecule has 5 heteroatoms. The molecule has 0 amide bonds. The summed E-state index contributed by atoms with van der Waals surface area (Å²) in [4.78, 5) is 16.1. The molecule has 1 aromatic carbocycles. The van der Waals surface area contributed by atoms with Crippen LogP contribution in [0.5, 0.6) is 0 Å². The van der Waals surface area contributed by atoms with Gasteiger partial charge in [-0.2, -0.15) is 0 Å². The van der Waals surface area contributed by atoms with E-state index in [1.54, 1.807) is 18.2 Å². The van der Waals surface area contributed by atoms with Crippen LogP contribution in [0, 0.1) is 0 Å². The second-order valence-electron chi connectivity index (χ2n) is 6.07. The number of hydrogen-bond acceptors (Lipinski definition) is 4. The van der Waals surface area contributed by atoms with E-state index in [0.717, 1.165) is 25.2 Å². The van der Waals surface area contributed by atoms with Gasteiger partial charge in [0.25, 0.3) is 0 Å². The van der Waals surface area contributed by atoms with Crippen LogP contribution in [0.2, 0.25) is 0 Å². The van der Waals surface area contributed by atoms with E-state index in [4.69, 9.17) is 5.73 Å². The zero-order chi connectivity index (χ0) is 14.8. The standard InChI is InChI=1S/C16H23N3O2/c17-12-4-5-14(16(20)21)15(10-12)19-9-6-13(11-19)18-7-2-1-3-8-18/h4-5,10,13H,1-3,6-9,11,17H2,(H,20,21). The average Bonchev–Trinajstić information content (AvgIpc) is 2.97. The van der Waals surface area contributed by atoms with Crippen LogP contribution in [0.15, 0.2) is 18.2 Å². The minimum absolute atomic E-state index is 0.350. The molecule has 1 atom stereocenters. The number of carboxylic acid groups (broad SMARTS) is 1. The van der Waals surface area contributed by atoms with Crippen LogP contribution in [0.1, 0.15) is 36.0 Å². The van der Waals surface area contributed by atoms with Crippen molar-refractivity contribution in [2.24, 2.45) is 0 Å². The number of carbonyl (C=O) groups is 1. The Bertz CT molecular complexity index is 526. The highest BCUT2D eigenvalue weighted by Crippen LogP contribution is 2.29. The molecule has 3 N–H and O–H groups in total. The molecule has 21 heavy (non-hydrogen) atoms. The first-order valence-corrected chi connectivity index (χ1v) is 7.77. The first-order valence-electron chi connectivity index (χ1n) is 7.77. The third-order valence-electron chi connectivity index (χ3n) is 4.66. The lowest BCUT2D eigenvalue weighted by Gasteiger charge is -2.32. The number of rotatable bonds is 3. The first-order chi connectivity index (χ1) is 10.1. The molecule has 2 aliphatic rings. The molecule has 114 valence electrons. The monoisotopic (exact) mass is 289 g/mol. The van der Waals surface area contributed by atoms with E-state index in [0.29, 0.717) is 17.3 Å². The molecule has 0 bridgehead atoms. The van der Waals surface area contributed by atoms with E-state index >= 15 is 0 Å². The zero-order valence-electron chi connectivity index (χ0n) is 12.3. The topological polar surface area (TPSA) is 69.8 Å². The normalized spacial score (nSPS) is 23.4.